The first-order chi connectivity index (χ1) is 11.9. The highest BCUT2D eigenvalue weighted by Gasteiger charge is 2.16. The Hall–Kier alpha value is -1.14. The number of carbonyl (C=O) groups excluding carboxylic acids is 2. The zero-order valence-electron chi connectivity index (χ0n) is 16.6. The van der Waals surface area contributed by atoms with E-state index < -0.39 is 0 Å². The van der Waals surface area contributed by atoms with Gasteiger partial charge in [0.25, 0.3) is 0 Å². The van der Waals surface area contributed by atoms with E-state index in [0.717, 1.165) is 65.2 Å². The second-order valence-electron chi connectivity index (χ2n) is 7.79. The van der Waals surface area contributed by atoms with Gasteiger partial charge in [-0.3, -0.25) is 9.59 Å². The van der Waals surface area contributed by atoms with Crippen LogP contribution < -0.4 is 10.6 Å². The van der Waals surface area contributed by atoms with Crippen LogP contribution in [0.1, 0.15) is 47.0 Å². The number of hydrogen-bond donors (Lipinski definition) is 2. The molecule has 2 aliphatic rings. The molecule has 6 heteroatoms. The summed E-state index contributed by atoms with van der Waals surface area (Å²) in [7, 11) is 0. The first-order valence-electron chi connectivity index (χ1n) is 9.87. The SMILES string of the molecule is CC(C)CC(=O)N1CCNCC1.CC(C)CCC(=O)N1CCNCC1. The van der Waals surface area contributed by atoms with Crippen molar-refractivity contribution in [2.45, 2.75) is 47.0 Å². The number of carbonyl (C=O) groups is 2. The second-order valence-corrected chi connectivity index (χ2v) is 7.79. The fraction of sp³-hybridized carbons (Fsp3) is 0.895. The summed E-state index contributed by atoms with van der Waals surface area (Å²) in [6.45, 7) is 15.8. The molecule has 2 fully saturated rings. The Kier molecular flexibility index (Phi) is 10.7. The second kappa shape index (κ2) is 12.3. The van der Waals surface area contributed by atoms with Gasteiger partial charge in [-0.1, -0.05) is 27.7 Å². The van der Waals surface area contributed by atoms with Gasteiger partial charge in [-0.2, -0.15) is 0 Å². The van der Waals surface area contributed by atoms with Gasteiger partial charge in [0.15, 0.2) is 0 Å². The monoisotopic (exact) mass is 354 g/mol. The first-order valence-corrected chi connectivity index (χ1v) is 9.87. The maximum atomic E-state index is 11.6. The Morgan fingerprint density at radius 2 is 1.20 bits per heavy atom. The van der Waals surface area contributed by atoms with E-state index >= 15 is 0 Å². The number of piperazine rings is 2. The fourth-order valence-electron chi connectivity index (χ4n) is 2.88. The molecule has 0 atom stereocenters. The van der Waals surface area contributed by atoms with Gasteiger partial charge in [-0.15, -0.1) is 0 Å². The standard InChI is InChI=1S/C10H20N2O.C9H18N2O/c1-9(2)3-4-10(13)12-7-5-11-6-8-12;1-8(2)7-9(12)11-5-3-10-4-6-11/h9,11H,3-8H2,1-2H3;8,10H,3-7H2,1-2H3. The number of nitrogens with zero attached hydrogens (tertiary/aromatic N) is 2. The average Bonchev–Trinajstić information content (AvgIpc) is 2.61. The fourth-order valence-corrected chi connectivity index (χ4v) is 2.88. The topological polar surface area (TPSA) is 64.7 Å². The highest BCUT2D eigenvalue weighted by Crippen LogP contribution is 2.07. The summed E-state index contributed by atoms with van der Waals surface area (Å²) >= 11 is 0. The summed E-state index contributed by atoms with van der Waals surface area (Å²) in [6, 6.07) is 0. The van der Waals surface area contributed by atoms with Crippen molar-refractivity contribution in [1.82, 2.24) is 20.4 Å². The number of nitrogens with one attached hydrogen (secondary N) is 2. The quantitative estimate of drug-likeness (QED) is 0.782. The molecule has 25 heavy (non-hydrogen) atoms. The Bertz CT molecular complexity index is 387. The summed E-state index contributed by atoms with van der Waals surface area (Å²) < 4.78 is 0. The van der Waals surface area contributed by atoms with Crippen molar-refractivity contribution < 1.29 is 9.59 Å². The van der Waals surface area contributed by atoms with E-state index in [0.29, 0.717) is 30.1 Å². The molecule has 0 unspecified atom stereocenters. The zero-order valence-corrected chi connectivity index (χ0v) is 16.6. The Morgan fingerprint density at radius 3 is 1.60 bits per heavy atom. The molecule has 2 aliphatic heterocycles. The summed E-state index contributed by atoms with van der Waals surface area (Å²) in [5, 5.41) is 6.47. The average molecular weight is 355 g/mol. The third-order valence-corrected chi connectivity index (χ3v) is 4.46. The van der Waals surface area contributed by atoms with E-state index in [1.54, 1.807) is 0 Å². The molecule has 0 aromatic carbocycles. The minimum Gasteiger partial charge on any atom is -0.340 e. The van der Waals surface area contributed by atoms with Crippen molar-refractivity contribution in [3.05, 3.63) is 0 Å². The molecule has 0 radical (unpaired) electrons. The van der Waals surface area contributed by atoms with Crippen LogP contribution in [-0.4, -0.2) is 74.0 Å². The molecule has 2 saturated heterocycles. The Balaban J connectivity index is 0.000000251. The molecule has 6 nitrogen and oxygen atoms in total. The van der Waals surface area contributed by atoms with E-state index in [1.165, 1.54) is 0 Å². The van der Waals surface area contributed by atoms with Crippen molar-refractivity contribution in [3.63, 3.8) is 0 Å². The third kappa shape index (κ3) is 9.80. The molecular weight excluding hydrogens is 316 g/mol. The highest BCUT2D eigenvalue weighted by atomic mass is 16.2. The molecule has 0 aromatic heterocycles. The van der Waals surface area contributed by atoms with Crippen molar-refractivity contribution in [3.8, 4) is 0 Å². The molecule has 2 rings (SSSR count). The van der Waals surface area contributed by atoms with Crippen LogP contribution in [0.4, 0.5) is 0 Å². The predicted molar refractivity (Wildman–Crippen MR) is 102 cm³/mol. The normalized spacial score (nSPS) is 18.2. The van der Waals surface area contributed by atoms with Crippen molar-refractivity contribution in [2.24, 2.45) is 11.8 Å². The van der Waals surface area contributed by atoms with Crippen molar-refractivity contribution in [1.29, 1.82) is 0 Å². The molecule has 146 valence electrons. The van der Waals surface area contributed by atoms with Crippen molar-refractivity contribution in [2.75, 3.05) is 52.4 Å². The highest BCUT2D eigenvalue weighted by molar-refractivity contribution is 5.76. The van der Waals surface area contributed by atoms with Crippen LogP contribution in [0.15, 0.2) is 0 Å². The van der Waals surface area contributed by atoms with Crippen molar-refractivity contribution >= 4 is 11.8 Å². The Labute approximate surface area is 153 Å². The van der Waals surface area contributed by atoms with Crippen LogP contribution in [0, 0.1) is 11.8 Å². The van der Waals surface area contributed by atoms with Crippen LogP contribution in [-0.2, 0) is 9.59 Å². The summed E-state index contributed by atoms with van der Waals surface area (Å²) in [5.41, 5.74) is 0. The van der Waals surface area contributed by atoms with Gasteiger partial charge in [-0.25, -0.2) is 0 Å². The summed E-state index contributed by atoms with van der Waals surface area (Å²) in [4.78, 5) is 27.0. The van der Waals surface area contributed by atoms with E-state index in [4.69, 9.17) is 0 Å². The van der Waals surface area contributed by atoms with Gasteiger partial charge in [0, 0.05) is 65.2 Å². The molecule has 0 saturated carbocycles. The number of hydrogen-bond acceptors (Lipinski definition) is 4. The van der Waals surface area contributed by atoms with E-state index in [9.17, 15) is 9.59 Å². The smallest absolute Gasteiger partial charge is 0.222 e. The lowest BCUT2D eigenvalue weighted by atomic mass is 10.1. The lowest BCUT2D eigenvalue weighted by Gasteiger charge is -2.28. The molecule has 2 amide bonds. The van der Waals surface area contributed by atoms with Crippen LogP contribution in [0.3, 0.4) is 0 Å². The molecule has 0 aromatic rings. The van der Waals surface area contributed by atoms with Crippen LogP contribution >= 0.6 is 0 Å². The van der Waals surface area contributed by atoms with Gasteiger partial charge in [0.05, 0.1) is 0 Å². The summed E-state index contributed by atoms with van der Waals surface area (Å²) in [5.74, 6) is 1.75. The lowest BCUT2D eigenvalue weighted by molar-refractivity contribution is -0.133. The maximum Gasteiger partial charge on any atom is 0.222 e. The van der Waals surface area contributed by atoms with Crippen LogP contribution in [0.25, 0.3) is 0 Å². The Morgan fingerprint density at radius 1 is 0.760 bits per heavy atom. The van der Waals surface area contributed by atoms with Gasteiger partial charge in [-0.05, 0) is 18.3 Å². The predicted octanol–water partition coefficient (Wildman–Crippen LogP) is 1.32. The lowest BCUT2D eigenvalue weighted by Crippen LogP contribution is -2.46. The molecule has 0 bridgehead atoms. The van der Waals surface area contributed by atoms with Gasteiger partial charge in [0.1, 0.15) is 0 Å². The van der Waals surface area contributed by atoms with E-state index in [2.05, 4.69) is 38.3 Å². The van der Waals surface area contributed by atoms with E-state index in [1.807, 2.05) is 9.80 Å². The molecule has 0 aliphatic carbocycles. The molecule has 2 heterocycles. The molecule has 2 N–H and O–H groups in total. The minimum atomic E-state index is 0.312. The minimum absolute atomic E-state index is 0.312. The zero-order chi connectivity index (χ0) is 18.7. The molecular formula is C19H38N4O2. The summed E-state index contributed by atoms with van der Waals surface area (Å²) in [6.07, 6.45) is 2.43. The van der Waals surface area contributed by atoms with E-state index in [-0.39, 0.29) is 0 Å². The van der Waals surface area contributed by atoms with Crippen LogP contribution in [0.5, 0.6) is 0 Å². The number of amides is 2. The largest absolute Gasteiger partial charge is 0.340 e. The van der Waals surface area contributed by atoms with Gasteiger partial charge >= 0.3 is 0 Å². The first kappa shape index (κ1) is 21.9. The van der Waals surface area contributed by atoms with Gasteiger partial charge < -0.3 is 20.4 Å². The van der Waals surface area contributed by atoms with Gasteiger partial charge in [0.2, 0.25) is 11.8 Å². The molecule has 0 spiro atoms. The third-order valence-electron chi connectivity index (χ3n) is 4.46. The maximum absolute atomic E-state index is 11.6. The van der Waals surface area contributed by atoms with Crippen LogP contribution in [0.2, 0.25) is 0 Å². The number of rotatable bonds is 5.